The number of hydrogen-bond donors (Lipinski definition) is 2. The smallest absolute Gasteiger partial charge is 0.248 e. The summed E-state index contributed by atoms with van der Waals surface area (Å²) in [5, 5.41) is 7.71. The molecule has 0 spiro atoms. The van der Waals surface area contributed by atoms with E-state index in [0.29, 0.717) is 27.7 Å². The standard InChI is InChI=1S/C25H27BrN6O4S/c1-13-8-9-19(26)28-23(13)29-24(35)16-10-25(3)11-18(25)32(16)20(34)12-31-22-15(21(30-31)14(2)33)6-5-7-17(22)37(4,27)36/h5-9,16,18,27H,10-12H2,1-4H3,(H,28,29,35)/t16-,18+,25-,37?/m0/s1. The first-order valence-corrected chi connectivity index (χ1v) is 14.6. The van der Waals surface area contributed by atoms with Crippen molar-refractivity contribution in [2.75, 3.05) is 11.6 Å². The molecule has 1 aromatic carbocycles. The highest BCUT2D eigenvalue weighted by molar-refractivity contribution is 9.10. The molecule has 1 saturated carbocycles. The Kier molecular flexibility index (Phi) is 6.02. The highest BCUT2D eigenvalue weighted by Gasteiger charge is 2.64. The van der Waals surface area contributed by atoms with Crippen LogP contribution in [0.25, 0.3) is 10.9 Å². The van der Waals surface area contributed by atoms with Crippen LogP contribution in [0.2, 0.25) is 0 Å². The van der Waals surface area contributed by atoms with E-state index in [1.54, 1.807) is 29.2 Å². The van der Waals surface area contributed by atoms with E-state index in [4.69, 9.17) is 4.78 Å². The van der Waals surface area contributed by atoms with Gasteiger partial charge in [0.15, 0.2) is 5.78 Å². The Bertz CT molecular complexity index is 1600. The van der Waals surface area contributed by atoms with Crippen LogP contribution >= 0.6 is 15.9 Å². The number of nitrogens with zero attached hydrogens (tertiary/aromatic N) is 4. The van der Waals surface area contributed by atoms with E-state index >= 15 is 0 Å². The lowest BCUT2D eigenvalue weighted by molar-refractivity contribution is -0.138. The van der Waals surface area contributed by atoms with Gasteiger partial charge in [-0.15, -0.1) is 0 Å². The van der Waals surface area contributed by atoms with Gasteiger partial charge in [-0.05, 0) is 58.8 Å². The molecule has 2 aromatic heterocycles. The molecule has 5 rings (SSSR count). The predicted molar refractivity (Wildman–Crippen MR) is 142 cm³/mol. The number of carbonyl (C=O) groups excluding carboxylic acids is 3. The number of Topliss-reactive ketones (excluding diaryl/α,β-unsaturated/α-hetero) is 1. The maximum absolute atomic E-state index is 13.7. The lowest BCUT2D eigenvalue weighted by Crippen LogP contribution is -2.47. The zero-order valence-electron chi connectivity index (χ0n) is 20.9. The molecule has 1 unspecified atom stereocenters. The van der Waals surface area contributed by atoms with Gasteiger partial charge in [0.05, 0.1) is 20.1 Å². The average Bonchev–Trinajstić information content (AvgIpc) is 3.17. The number of likely N-dealkylation sites (tertiary alicyclic amines) is 1. The summed E-state index contributed by atoms with van der Waals surface area (Å²) in [5.41, 5.74) is 1.14. The number of carbonyl (C=O) groups is 3. The van der Waals surface area contributed by atoms with Crippen LogP contribution in [0.15, 0.2) is 39.8 Å². The minimum atomic E-state index is -3.17. The SMILES string of the molecule is CC(=O)c1nn(CC(=O)N2[C@H](C(=O)Nc3nc(Br)ccc3C)C[C@@]3(C)C[C@@H]23)c2c(S(C)(=N)=O)cccc12. The van der Waals surface area contributed by atoms with Crippen molar-refractivity contribution < 1.29 is 18.6 Å². The van der Waals surface area contributed by atoms with Crippen LogP contribution in [0, 0.1) is 17.1 Å². The summed E-state index contributed by atoms with van der Waals surface area (Å²) >= 11 is 3.32. The number of aryl methyl sites for hydroxylation is 1. The molecule has 10 nitrogen and oxygen atoms in total. The van der Waals surface area contributed by atoms with Gasteiger partial charge in [0, 0.05) is 24.6 Å². The van der Waals surface area contributed by atoms with Gasteiger partial charge < -0.3 is 10.2 Å². The molecule has 2 N–H and O–H groups in total. The molecule has 1 aliphatic carbocycles. The largest absolute Gasteiger partial charge is 0.325 e. The second kappa shape index (κ2) is 8.73. The highest BCUT2D eigenvalue weighted by Crippen LogP contribution is 2.59. The number of ketones is 1. The quantitative estimate of drug-likeness (QED) is 0.333. The third kappa shape index (κ3) is 4.46. The molecule has 0 radical (unpaired) electrons. The Morgan fingerprint density at radius 3 is 2.65 bits per heavy atom. The molecule has 2 amide bonds. The molecule has 37 heavy (non-hydrogen) atoms. The first-order valence-electron chi connectivity index (χ1n) is 11.8. The Hall–Kier alpha value is -3.12. The van der Waals surface area contributed by atoms with Gasteiger partial charge in [-0.1, -0.05) is 25.1 Å². The summed E-state index contributed by atoms with van der Waals surface area (Å²) in [4.78, 5) is 45.5. The Balaban J connectivity index is 1.49. The summed E-state index contributed by atoms with van der Waals surface area (Å²) in [5.74, 6) is -0.508. The van der Waals surface area contributed by atoms with Crippen molar-refractivity contribution >= 4 is 60.0 Å². The van der Waals surface area contributed by atoms with E-state index in [9.17, 15) is 18.6 Å². The number of nitrogens with one attached hydrogen (secondary N) is 2. The molecule has 1 aliphatic heterocycles. The second-order valence-electron chi connectivity index (χ2n) is 10.2. The van der Waals surface area contributed by atoms with Crippen molar-refractivity contribution in [3.8, 4) is 0 Å². The molecule has 2 fully saturated rings. The number of halogens is 1. The Morgan fingerprint density at radius 1 is 1.24 bits per heavy atom. The number of rotatable bonds is 6. The van der Waals surface area contributed by atoms with Gasteiger partial charge in [0.25, 0.3) is 0 Å². The van der Waals surface area contributed by atoms with Gasteiger partial charge in [-0.3, -0.25) is 19.1 Å². The molecule has 12 heteroatoms. The van der Waals surface area contributed by atoms with Crippen LogP contribution in [0.4, 0.5) is 5.82 Å². The minimum absolute atomic E-state index is 0.0764. The molecule has 2 aliphatic rings. The van der Waals surface area contributed by atoms with E-state index in [1.807, 2.05) is 13.0 Å². The second-order valence-corrected chi connectivity index (χ2v) is 13.2. The number of para-hydroxylation sites is 1. The number of piperidine rings is 1. The minimum Gasteiger partial charge on any atom is -0.325 e. The number of pyridine rings is 1. The third-order valence-electron chi connectivity index (χ3n) is 7.30. The van der Waals surface area contributed by atoms with Crippen LogP contribution in [-0.4, -0.2) is 59.8 Å². The summed E-state index contributed by atoms with van der Waals surface area (Å²) in [6.45, 7) is 5.03. The zero-order chi connectivity index (χ0) is 26.9. The molecular formula is C25H27BrN6O4S. The fraction of sp³-hybridized carbons (Fsp3) is 0.400. The molecule has 1 saturated heterocycles. The lowest BCUT2D eigenvalue weighted by Gasteiger charge is -2.27. The van der Waals surface area contributed by atoms with Crippen LogP contribution in [0.3, 0.4) is 0 Å². The number of fused-ring (bicyclic) bond motifs is 2. The van der Waals surface area contributed by atoms with E-state index in [-0.39, 0.29) is 46.2 Å². The van der Waals surface area contributed by atoms with Crippen LogP contribution in [0.5, 0.6) is 0 Å². The van der Waals surface area contributed by atoms with Crippen LogP contribution < -0.4 is 5.32 Å². The van der Waals surface area contributed by atoms with Crippen molar-refractivity contribution in [2.24, 2.45) is 5.41 Å². The molecule has 194 valence electrons. The highest BCUT2D eigenvalue weighted by atomic mass is 79.9. The fourth-order valence-electron chi connectivity index (χ4n) is 5.29. The number of anilines is 1. The van der Waals surface area contributed by atoms with E-state index in [0.717, 1.165) is 12.0 Å². The van der Waals surface area contributed by atoms with E-state index in [1.165, 1.54) is 17.9 Å². The molecule has 4 atom stereocenters. The topological polar surface area (TPSA) is 138 Å². The van der Waals surface area contributed by atoms with Gasteiger partial charge in [-0.2, -0.15) is 5.10 Å². The van der Waals surface area contributed by atoms with Gasteiger partial charge in [0.2, 0.25) is 11.8 Å². The molecule has 3 heterocycles. The van der Waals surface area contributed by atoms with Crippen molar-refractivity contribution in [3.63, 3.8) is 0 Å². The zero-order valence-corrected chi connectivity index (χ0v) is 23.3. The maximum Gasteiger partial charge on any atom is 0.248 e. The Labute approximate surface area is 222 Å². The predicted octanol–water partition coefficient (Wildman–Crippen LogP) is 3.76. The number of hydrogen-bond acceptors (Lipinski definition) is 7. The maximum atomic E-state index is 13.7. The molecule has 3 aromatic rings. The normalized spacial score (nSPS) is 24.0. The average molecular weight is 588 g/mol. The summed E-state index contributed by atoms with van der Waals surface area (Å²) in [6.07, 6.45) is 2.63. The fourth-order valence-corrected chi connectivity index (χ4v) is 6.53. The van der Waals surface area contributed by atoms with Crippen molar-refractivity contribution in [1.29, 1.82) is 4.78 Å². The molecular weight excluding hydrogens is 560 g/mol. The van der Waals surface area contributed by atoms with Crippen molar-refractivity contribution in [1.82, 2.24) is 19.7 Å². The lowest BCUT2D eigenvalue weighted by atomic mass is 10.0. The first-order chi connectivity index (χ1) is 17.3. The number of aromatic nitrogens is 3. The third-order valence-corrected chi connectivity index (χ3v) is 8.91. The summed E-state index contributed by atoms with van der Waals surface area (Å²) in [6, 6.07) is 7.73. The van der Waals surface area contributed by atoms with Crippen molar-refractivity contribution in [3.05, 3.63) is 46.2 Å². The van der Waals surface area contributed by atoms with Crippen molar-refractivity contribution in [2.45, 2.75) is 57.1 Å². The summed E-state index contributed by atoms with van der Waals surface area (Å²) < 4.78 is 22.8. The van der Waals surface area contributed by atoms with Crippen LogP contribution in [0.1, 0.15) is 42.7 Å². The summed E-state index contributed by atoms with van der Waals surface area (Å²) in [7, 11) is -3.17. The van der Waals surface area contributed by atoms with Gasteiger partial charge in [0.1, 0.15) is 28.7 Å². The number of benzene rings is 1. The monoisotopic (exact) mass is 586 g/mol. The van der Waals surface area contributed by atoms with Gasteiger partial charge in [-0.25, -0.2) is 14.0 Å². The molecule has 0 bridgehead atoms. The van der Waals surface area contributed by atoms with Gasteiger partial charge >= 0.3 is 0 Å². The first kappa shape index (κ1) is 25.5. The number of amides is 2. The Morgan fingerprint density at radius 2 is 1.97 bits per heavy atom. The van der Waals surface area contributed by atoms with E-state index < -0.39 is 15.8 Å². The van der Waals surface area contributed by atoms with E-state index in [2.05, 4.69) is 38.3 Å². The van der Waals surface area contributed by atoms with Crippen LogP contribution in [-0.2, 0) is 25.9 Å².